The van der Waals surface area contributed by atoms with E-state index >= 15 is 0 Å². The second kappa shape index (κ2) is 7.18. The molecular weight excluding hydrogens is 230 g/mol. The minimum absolute atomic E-state index is 0.443. The number of nitrogens with one attached hydrogen (secondary N) is 2. The summed E-state index contributed by atoms with van der Waals surface area (Å²) < 4.78 is 4.97. The van der Waals surface area contributed by atoms with Crippen molar-refractivity contribution in [2.75, 3.05) is 37.4 Å². The molecule has 5 heteroatoms. The Hall–Kier alpha value is -1.33. The minimum Gasteiger partial charge on any atom is -0.388 e. The first-order chi connectivity index (χ1) is 8.57. The molecule has 0 amide bonds. The van der Waals surface area contributed by atoms with Crippen LogP contribution in [0.2, 0.25) is 0 Å². The van der Waals surface area contributed by atoms with Crippen molar-refractivity contribution in [3.63, 3.8) is 0 Å². The third kappa shape index (κ3) is 5.33. The van der Waals surface area contributed by atoms with Gasteiger partial charge in [0, 0.05) is 33.2 Å². The van der Waals surface area contributed by atoms with Crippen LogP contribution < -0.4 is 10.6 Å². The Morgan fingerprint density at radius 1 is 1.33 bits per heavy atom. The molecule has 0 fully saturated rings. The quantitative estimate of drug-likeness (QED) is 0.658. The van der Waals surface area contributed by atoms with Gasteiger partial charge in [-0.2, -0.15) is 0 Å². The van der Waals surface area contributed by atoms with Crippen molar-refractivity contribution >= 4 is 11.6 Å². The smallest absolute Gasteiger partial charge is 0.128 e. The highest BCUT2D eigenvalue weighted by Crippen LogP contribution is 2.13. The van der Waals surface area contributed by atoms with Gasteiger partial charge in [0.15, 0.2) is 0 Å². The molecule has 1 aromatic rings. The van der Waals surface area contributed by atoms with E-state index in [1.807, 2.05) is 25.1 Å². The van der Waals surface area contributed by atoms with Crippen molar-refractivity contribution in [2.24, 2.45) is 0 Å². The summed E-state index contributed by atoms with van der Waals surface area (Å²) in [6, 6.07) is 5.72. The summed E-state index contributed by atoms with van der Waals surface area (Å²) in [6.45, 7) is 5.63. The zero-order valence-corrected chi connectivity index (χ0v) is 11.4. The van der Waals surface area contributed by atoms with Crippen LogP contribution in [0, 0.1) is 0 Å². The highest BCUT2D eigenvalue weighted by atomic mass is 16.5. The Bertz CT molecular complexity index is 356. The van der Waals surface area contributed by atoms with Gasteiger partial charge in [-0.25, -0.2) is 4.98 Å². The molecule has 0 bridgehead atoms. The highest BCUT2D eigenvalue weighted by molar-refractivity contribution is 5.45. The molecule has 0 radical (unpaired) electrons. The first-order valence-electron chi connectivity index (χ1n) is 6.23. The number of nitrogens with zero attached hydrogens (tertiary/aromatic N) is 1. The summed E-state index contributed by atoms with van der Waals surface area (Å²) in [6.07, 6.45) is 0.587. The molecule has 18 heavy (non-hydrogen) atoms. The van der Waals surface area contributed by atoms with Crippen LogP contribution in [0.1, 0.15) is 20.3 Å². The van der Waals surface area contributed by atoms with Gasteiger partial charge in [0.2, 0.25) is 0 Å². The molecule has 1 heterocycles. The lowest BCUT2D eigenvalue weighted by molar-refractivity contribution is 0.0357. The molecule has 0 aliphatic heterocycles. The Balaban J connectivity index is 2.49. The van der Waals surface area contributed by atoms with E-state index in [0.717, 1.165) is 18.2 Å². The average molecular weight is 253 g/mol. The second-order valence-corrected chi connectivity index (χ2v) is 4.53. The molecule has 0 aliphatic carbocycles. The van der Waals surface area contributed by atoms with Gasteiger partial charge in [-0.3, -0.25) is 0 Å². The van der Waals surface area contributed by atoms with E-state index in [1.54, 1.807) is 14.0 Å². The van der Waals surface area contributed by atoms with Crippen LogP contribution in [0.25, 0.3) is 0 Å². The molecule has 0 saturated carbocycles. The van der Waals surface area contributed by atoms with Gasteiger partial charge < -0.3 is 20.5 Å². The van der Waals surface area contributed by atoms with Gasteiger partial charge in [-0.05, 0) is 26.0 Å². The van der Waals surface area contributed by atoms with E-state index in [1.165, 1.54) is 0 Å². The second-order valence-electron chi connectivity index (χ2n) is 4.53. The molecule has 0 aliphatic rings. The third-order valence-electron chi connectivity index (χ3n) is 2.60. The van der Waals surface area contributed by atoms with E-state index in [0.29, 0.717) is 19.6 Å². The Morgan fingerprint density at radius 3 is 2.61 bits per heavy atom. The average Bonchev–Trinajstić information content (AvgIpc) is 2.35. The first kappa shape index (κ1) is 14.7. The predicted octanol–water partition coefficient (Wildman–Crippen LogP) is 1.71. The van der Waals surface area contributed by atoms with Gasteiger partial charge in [0.05, 0.1) is 5.60 Å². The molecule has 1 atom stereocenters. The largest absolute Gasteiger partial charge is 0.388 e. The fraction of sp³-hybridized carbons (Fsp3) is 0.615. The lowest BCUT2D eigenvalue weighted by atomic mass is 10.0. The van der Waals surface area contributed by atoms with Crippen molar-refractivity contribution < 1.29 is 9.84 Å². The fourth-order valence-electron chi connectivity index (χ4n) is 1.50. The Morgan fingerprint density at radius 2 is 2.00 bits per heavy atom. The topological polar surface area (TPSA) is 66.4 Å². The van der Waals surface area contributed by atoms with E-state index < -0.39 is 5.60 Å². The third-order valence-corrected chi connectivity index (χ3v) is 2.60. The summed E-state index contributed by atoms with van der Waals surface area (Å²) in [5.41, 5.74) is -0.800. The molecular formula is C13H23N3O2. The van der Waals surface area contributed by atoms with E-state index in [-0.39, 0.29) is 0 Å². The van der Waals surface area contributed by atoms with Crippen molar-refractivity contribution in [3.8, 4) is 0 Å². The molecule has 1 unspecified atom stereocenters. The zero-order chi connectivity index (χ0) is 13.4. The Kier molecular flexibility index (Phi) is 5.88. The molecule has 0 saturated heterocycles. The monoisotopic (exact) mass is 253 g/mol. The molecule has 5 nitrogen and oxygen atoms in total. The molecule has 1 aromatic heterocycles. The lowest BCUT2D eigenvalue weighted by Crippen LogP contribution is -2.34. The number of anilines is 2. The van der Waals surface area contributed by atoms with Crippen LogP contribution in [0.4, 0.5) is 11.6 Å². The maximum Gasteiger partial charge on any atom is 0.128 e. The summed E-state index contributed by atoms with van der Waals surface area (Å²) in [7, 11) is 1.63. The summed E-state index contributed by atoms with van der Waals surface area (Å²) in [4.78, 5) is 4.38. The number of hydrogen-bond acceptors (Lipinski definition) is 5. The van der Waals surface area contributed by atoms with Gasteiger partial charge in [-0.15, -0.1) is 0 Å². The van der Waals surface area contributed by atoms with E-state index in [9.17, 15) is 5.11 Å². The van der Waals surface area contributed by atoms with Gasteiger partial charge in [-0.1, -0.05) is 6.07 Å². The van der Waals surface area contributed by atoms with Crippen LogP contribution in [0.15, 0.2) is 18.2 Å². The van der Waals surface area contributed by atoms with E-state index in [2.05, 4.69) is 15.6 Å². The molecule has 0 aromatic carbocycles. The highest BCUT2D eigenvalue weighted by Gasteiger charge is 2.19. The Labute approximate surface area is 109 Å². The molecule has 102 valence electrons. The van der Waals surface area contributed by atoms with Crippen molar-refractivity contribution in [2.45, 2.75) is 25.9 Å². The number of rotatable bonds is 8. The number of aromatic nitrogens is 1. The zero-order valence-electron chi connectivity index (χ0n) is 11.4. The number of aliphatic hydroxyl groups is 1. The molecule has 3 N–H and O–H groups in total. The SMILES string of the molecule is CCNc1cccc(NCC(C)(O)CCOC)n1. The maximum atomic E-state index is 10.1. The van der Waals surface area contributed by atoms with Gasteiger partial charge >= 0.3 is 0 Å². The van der Waals surface area contributed by atoms with Crippen LogP contribution >= 0.6 is 0 Å². The van der Waals surface area contributed by atoms with Crippen molar-refractivity contribution in [1.82, 2.24) is 4.98 Å². The van der Waals surface area contributed by atoms with Crippen molar-refractivity contribution in [3.05, 3.63) is 18.2 Å². The van der Waals surface area contributed by atoms with Crippen LogP contribution in [-0.2, 0) is 4.74 Å². The first-order valence-corrected chi connectivity index (χ1v) is 6.23. The standard InChI is InChI=1S/C13H23N3O2/c1-4-14-11-6-5-7-12(16-11)15-10-13(2,17)8-9-18-3/h5-7,17H,4,8-10H2,1-3H3,(H2,14,15,16). The maximum absolute atomic E-state index is 10.1. The lowest BCUT2D eigenvalue weighted by Gasteiger charge is -2.23. The molecule has 0 spiro atoms. The summed E-state index contributed by atoms with van der Waals surface area (Å²) in [5, 5.41) is 16.4. The number of pyridine rings is 1. The molecule has 1 rings (SSSR count). The summed E-state index contributed by atoms with van der Waals surface area (Å²) >= 11 is 0. The number of hydrogen-bond donors (Lipinski definition) is 3. The van der Waals surface area contributed by atoms with Crippen molar-refractivity contribution in [1.29, 1.82) is 0 Å². The minimum atomic E-state index is -0.800. The normalized spacial score (nSPS) is 14.0. The van der Waals surface area contributed by atoms with E-state index in [4.69, 9.17) is 4.74 Å². The number of ether oxygens (including phenoxy) is 1. The van der Waals surface area contributed by atoms with Gasteiger partial charge in [0.1, 0.15) is 11.6 Å². The van der Waals surface area contributed by atoms with Crippen LogP contribution in [-0.4, -0.2) is 42.5 Å². The van der Waals surface area contributed by atoms with Crippen LogP contribution in [0.5, 0.6) is 0 Å². The van der Waals surface area contributed by atoms with Gasteiger partial charge in [0.25, 0.3) is 0 Å². The fourth-order valence-corrected chi connectivity index (χ4v) is 1.50. The summed E-state index contributed by atoms with van der Waals surface area (Å²) in [5.74, 6) is 1.59. The number of methoxy groups -OCH3 is 1. The van der Waals surface area contributed by atoms with Crippen LogP contribution in [0.3, 0.4) is 0 Å². The predicted molar refractivity (Wildman–Crippen MR) is 74.0 cm³/mol.